The molecular weight excluding hydrogens is 314 g/mol. The van der Waals surface area contributed by atoms with Gasteiger partial charge in [0.05, 0.1) is 11.0 Å². The lowest BCUT2D eigenvalue weighted by Gasteiger charge is -2.28. The second-order valence-corrected chi connectivity index (χ2v) is 6.81. The largest absolute Gasteiger partial charge is 0.444 e. The van der Waals surface area contributed by atoms with Gasteiger partial charge >= 0.3 is 11.8 Å². The molecule has 0 aromatic carbocycles. The van der Waals surface area contributed by atoms with Gasteiger partial charge in [-0.2, -0.15) is 0 Å². The average molecular weight is 337 g/mol. The van der Waals surface area contributed by atoms with Crippen LogP contribution in [0, 0.1) is 10.1 Å². The third kappa shape index (κ3) is 4.03. The molecule has 9 nitrogen and oxygen atoms in total. The van der Waals surface area contributed by atoms with Crippen LogP contribution in [0.4, 0.5) is 22.1 Å². The average Bonchev–Trinajstić information content (AvgIpc) is 2.93. The fraction of sp³-hybridized carbons (Fsp3) is 0.600. The standard InChI is InChI=1S/C15H23N5O4/c1-15(2,3)24-14(21)18(4)10-7-8-19(9-10)12-6-5-11(20(22)23)13(16)17-12/h5-6,10H,7-9H2,1-4H3,(H2,16,17)/t10-/m0/s1. The number of likely N-dealkylation sites (N-methyl/N-ethyl adjacent to an activating group) is 1. The molecule has 1 fully saturated rings. The molecule has 0 bridgehead atoms. The number of ether oxygens (including phenoxy) is 1. The highest BCUT2D eigenvalue weighted by Crippen LogP contribution is 2.26. The van der Waals surface area contributed by atoms with E-state index in [0.717, 1.165) is 6.42 Å². The number of nitrogen functional groups attached to an aromatic ring is 1. The summed E-state index contributed by atoms with van der Waals surface area (Å²) in [5.41, 5.74) is 4.89. The van der Waals surface area contributed by atoms with Gasteiger partial charge in [0.1, 0.15) is 11.4 Å². The van der Waals surface area contributed by atoms with E-state index >= 15 is 0 Å². The molecule has 1 aliphatic heterocycles. The van der Waals surface area contributed by atoms with E-state index in [0.29, 0.717) is 18.9 Å². The van der Waals surface area contributed by atoms with Gasteiger partial charge in [-0.1, -0.05) is 0 Å². The normalized spacial score (nSPS) is 17.7. The Morgan fingerprint density at radius 3 is 2.71 bits per heavy atom. The van der Waals surface area contributed by atoms with E-state index < -0.39 is 10.5 Å². The third-order valence-electron chi connectivity index (χ3n) is 3.80. The molecule has 0 radical (unpaired) electrons. The van der Waals surface area contributed by atoms with Crippen LogP contribution in [0.25, 0.3) is 0 Å². The molecule has 24 heavy (non-hydrogen) atoms. The van der Waals surface area contributed by atoms with Crippen molar-refractivity contribution in [3.63, 3.8) is 0 Å². The molecule has 0 unspecified atom stereocenters. The van der Waals surface area contributed by atoms with Gasteiger partial charge in [-0.05, 0) is 33.3 Å². The summed E-state index contributed by atoms with van der Waals surface area (Å²) in [7, 11) is 1.71. The van der Waals surface area contributed by atoms with Crippen LogP contribution in [0.5, 0.6) is 0 Å². The Morgan fingerprint density at radius 2 is 2.17 bits per heavy atom. The topological polar surface area (TPSA) is 115 Å². The molecule has 0 saturated carbocycles. The SMILES string of the molecule is CN(C(=O)OC(C)(C)C)[C@H]1CCN(c2ccc([N+](=O)[O-])c(N)n2)C1. The summed E-state index contributed by atoms with van der Waals surface area (Å²) in [5, 5.41) is 10.8. The van der Waals surface area contributed by atoms with Crippen LogP contribution in [-0.4, -0.2) is 52.7 Å². The maximum atomic E-state index is 12.1. The number of aromatic nitrogens is 1. The molecule has 0 spiro atoms. The zero-order valence-corrected chi connectivity index (χ0v) is 14.4. The molecule has 2 rings (SSSR count). The fourth-order valence-electron chi connectivity index (χ4n) is 2.54. The van der Waals surface area contributed by atoms with Gasteiger partial charge in [-0.15, -0.1) is 0 Å². The number of nitro groups is 1. The van der Waals surface area contributed by atoms with Gasteiger partial charge in [0.25, 0.3) is 0 Å². The van der Waals surface area contributed by atoms with Crippen LogP contribution >= 0.6 is 0 Å². The van der Waals surface area contributed by atoms with E-state index in [-0.39, 0.29) is 23.6 Å². The molecular formula is C15H23N5O4. The molecule has 2 heterocycles. The second kappa shape index (κ2) is 6.50. The highest BCUT2D eigenvalue weighted by Gasteiger charge is 2.32. The summed E-state index contributed by atoms with van der Waals surface area (Å²) in [4.78, 5) is 30.0. The van der Waals surface area contributed by atoms with Crippen LogP contribution in [0.2, 0.25) is 0 Å². The molecule has 1 saturated heterocycles. The van der Waals surface area contributed by atoms with Crippen molar-refractivity contribution in [2.24, 2.45) is 0 Å². The Morgan fingerprint density at radius 1 is 1.50 bits per heavy atom. The summed E-state index contributed by atoms with van der Waals surface area (Å²) >= 11 is 0. The zero-order valence-electron chi connectivity index (χ0n) is 14.4. The number of anilines is 2. The van der Waals surface area contributed by atoms with Crippen LogP contribution < -0.4 is 10.6 Å². The first-order valence-electron chi connectivity index (χ1n) is 7.70. The van der Waals surface area contributed by atoms with E-state index in [4.69, 9.17) is 10.5 Å². The molecule has 9 heteroatoms. The molecule has 2 N–H and O–H groups in total. The Kier molecular flexibility index (Phi) is 4.81. The van der Waals surface area contributed by atoms with Gasteiger partial charge in [-0.3, -0.25) is 10.1 Å². The predicted molar refractivity (Wildman–Crippen MR) is 89.9 cm³/mol. The number of nitrogens with zero attached hydrogens (tertiary/aromatic N) is 4. The Labute approximate surface area is 140 Å². The highest BCUT2D eigenvalue weighted by molar-refractivity contribution is 5.68. The van der Waals surface area contributed by atoms with Gasteiger partial charge < -0.3 is 20.3 Å². The minimum absolute atomic E-state index is 0.0157. The first kappa shape index (κ1) is 17.8. The summed E-state index contributed by atoms with van der Waals surface area (Å²) in [6.45, 7) is 6.72. The number of hydrogen-bond acceptors (Lipinski definition) is 7. The van der Waals surface area contributed by atoms with Crippen molar-refractivity contribution in [1.29, 1.82) is 0 Å². The highest BCUT2D eigenvalue weighted by atomic mass is 16.6. The van der Waals surface area contributed by atoms with Crippen molar-refractivity contribution < 1.29 is 14.5 Å². The van der Waals surface area contributed by atoms with Crippen molar-refractivity contribution in [2.45, 2.75) is 38.8 Å². The number of nitrogens with two attached hydrogens (primary N) is 1. The maximum absolute atomic E-state index is 12.1. The molecule has 1 amide bonds. The van der Waals surface area contributed by atoms with Gasteiger partial charge in [0, 0.05) is 26.2 Å². The van der Waals surface area contributed by atoms with E-state index in [2.05, 4.69) is 4.98 Å². The Balaban J connectivity index is 2.04. The quantitative estimate of drug-likeness (QED) is 0.662. The molecule has 132 valence electrons. The Hall–Kier alpha value is -2.58. The van der Waals surface area contributed by atoms with Crippen LogP contribution in [0.3, 0.4) is 0 Å². The summed E-state index contributed by atoms with van der Waals surface area (Å²) < 4.78 is 5.37. The molecule has 1 aliphatic rings. The maximum Gasteiger partial charge on any atom is 0.410 e. The van der Waals surface area contributed by atoms with E-state index in [1.807, 2.05) is 25.7 Å². The van der Waals surface area contributed by atoms with E-state index in [1.165, 1.54) is 6.07 Å². The van der Waals surface area contributed by atoms with E-state index in [1.54, 1.807) is 18.0 Å². The first-order chi connectivity index (χ1) is 11.1. The minimum Gasteiger partial charge on any atom is -0.444 e. The predicted octanol–water partition coefficient (Wildman–Crippen LogP) is 2.02. The van der Waals surface area contributed by atoms with Gasteiger partial charge in [0.2, 0.25) is 5.82 Å². The van der Waals surface area contributed by atoms with Crippen LogP contribution in [0.15, 0.2) is 12.1 Å². The number of amides is 1. The third-order valence-corrected chi connectivity index (χ3v) is 3.80. The van der Waals surface area contributed by atoms with Crippen molar-refractivity contribution in [1.82, 2.24) is 9.88 Å². The molecule has 1 aromatic heterocycles. The van der Waals surface area contributed by atoms with Crippen LogP contribution in [-0.2, 0) is 4.74 Å². The lowest BCUT2D eigenvalue weighted by atomic mass is 10.2. The molecule has 1 atom stereocenters. The Bertz CT molecular complexity index is 643. The monoisotopic (exact) mass is 337 g/mol. The number of carbonyl (C=O) groups is 1. The number of hydrogen-bond donors (Lipinski definition) is 1. The minimum atomic E-state index is -0.560. The van der Waals surface area contributed by atoms with Crippen LogP contribution in [0.1, 0.15) is 27.2 Å². The number of carbonyl (C=O) groups excluding carboxylic acids is 1. The lowest BCUT2D eigenvalue weighted by molar-refractivity contribution is -0.384. The van der Waals surface area contributed by atoms with E-state index in [9.17, 15) is 14.9 Å². The lowest BCUT2D eigenvalue weighted by Crippen LogP contribution is -2.42. The second-order valence-electron chi connectivity index (χ2n) is 6.81. The van der Waals surface area contributed by atoms with Crippen molar-refractivity contribution in [3.8, 4) is 0 Å². The summed E-state index contributed by atoms with van der Waals surface area (Å²) in [5.74, 6) is 0.458. The summed E-state index contributed by atoms with van der Waals surface area (Å²) in [6.07, 6.45) is 0.388. The number of pyridine rings is 1. The smallest absolute Gasteiger partial charge is 0.410 e. The van der Waals surface area contributed by atoms with Crippen molar-refractivity contribution >= 4 is 23.4 Å². The first-order valence-corrected chi connectivity index (χ1v) is 7.70. The van der Waals surface area contributed by atoms with Gasteiger partial charge in [0.15, 0.2) is 0 Å². The molecule has 0 aliphatic carbocycles. The number of rotatable bonds is 3. The zero-order chi connectivity index (χ0) is 18.1. The summed E-state index contributed by atoms with van der Waals surface area (Å²) in [6, 6.07) is 2.91. The van der Waals surface area contributed by atoms with Crippen molar-refractivity contribution in [2.75, 3.05) is 30.8 Å². The van der Waals surface area contributed by atoms with Gasteiger partial charge in [-0.25, -0.2) is 9.78 Å². The van der Waals surface area contributed by atoms with Crippen molar-refractivity contribution in [3.05, 3.63) is 22.2 Å². The molecule has 1 aromatic rings. The fourth-order valence-corrected chi connectivity index (χ4v) is 2.54.